The van der Waals surface area contributed by atoms with E-state index in [4.69, 9.17) is 9.84 Å². The SMILES string of the molecule is Cc1ccc(C(=O)O)c(OCc2ccncc2)c1. The van der Waals surface area contributed by atoms with Gasteiger partial charge < -0.3 is 9.84 Å². The molecule has 0 saturated heterocycles. The summed E-state index contributed by atoms with van der Waals surface area (Å²) < 4.78 is 5.56. The highest BCUT2D eigenvalue weighted by atomic mass is 16.5. The van der Waals surface area contributed by atoms with Gasteiger partial charge >= 0.3 is 5.97 Å². The smallest absolute Gasteiger partial charge is 0.339 e. The van der Waals surface area contributed by atoms with Crippen LogP contribution in [0.3, 0.4) is 0 Å². The molecule has 2 aromatic rings. The Bertz CT molecular complexity index is 552. The lowest BCUT2D eigenvalue weighted by atomic mass is 10.1. The molecule has 18 heavy (non-hydrogen) atoms. The van der Waals surface area contributed by atoms with Crippen molar-refractivity contribution in [1.82, 2.24) is 4.98 Å². The first-order valence-corrected chi connectivity index (χ1v) is 5.52. The van der Waals surface area contributed by atoms with E-state index in [0.29, 0.717) is 12.4 Å². The van der Waals surface area contributed by atoms with Crippen LogP contribution in [0.15, 0.2) is 42.7 Å². The number of aryl methyl sites for hydroxylation is 1. The van der Waals surface area contributed by atoms with E-state index >= 15 is 0 Å². The highest BCUT2D eigenvalue weighted by molar-refractivity contribution is 5.90. The van der Waals surface area contributed by atoms with Crippen molar-refractivity contribution in [2.75, 3.05) is 0 Å². The second-order valence-electron chi connectivity index (χ2n) is 3.95. The summed E-state index contributed by atoms with van der Waals surface area (Å²) in [4.78, 5) is 15.0. The molecule has 0 radical (unpaired) electrons. The first-order valence-electron chi connectivity index (χ1n) is 5.52. The van der Waals surface area contributed by atoms with Crippen LogP contribution in [-0.4, -0.2) is 16.1 Å². The Labute approximate surface area is 105 Å². The van der Waals surface area contributed by atoms with Gasteiger partial charge in [-0.05, 0) is 42.3 Å². The average molecular weight is 243 g/mol. The predicted molar refractivity (Wildman–Crippen MR) is 66.7 cm³/mol. The van der Waals surface area contributed by atoms with Gasteiger partial charge in [-0.2, -0.15) is 0 Å². The molecule has 0 spiro atoms. The Morgan fingerprint density at radius 2 is 2.00 bits per heavy atom. The molecule has 4 nitrogen and oxygen atoms in total. The number of ether oxygens (including phenoxy) is 1. The topological polar surface area (TPSA) is 59.4 Å². The summed E-state index contributed by atoms with van der Waals surface area (Å²) in [6.07, 6.45) is 3.35. The number of carboxylic acid groups (broad SMARTS) is 1. The van der Waals surface area contributed by atoms with Crippen molar-refractivity contribution in [3.63, 3.8) is 0 Å². The molecule has 0 bridgehead atoms. The highest BCUT2D eigenvalue weighted by Crippen LogP contribution is 2.21. The average Bonchev–Trinajstić information content (AvgIpc) is 2.37. The maximum absolute atomic E-state index is 11.1. The van der Waals surface area contributed by atoms with Gasteiger partial charge in [-0.3, -0.25) is 4.98 Å². The normalized spacial score (nSPS) is 10.1. The van der Waals surface area contributed by atoms with Crippen LogP contribution in [0.1, 0.15) is 21.5 Å². The van der Waals surface area contributed by atoms with Gasteiger partial charge in [0, 0.05) is 12.4 Å². The number of benzene rings is 1. The Morgan fingerprint density at radius 3 is 2.67 bits per heavy atom. The fourth-order valence-electron chi connectivity index (χ4n) is 1.57. The van der Waals surface area contributed by atoms with E-state index in [9.17, 15) is 4.79 Å². The molecule has 0 aliphatic carbocycles. The Hall–Kier alpha value is -2.36. The first-order chi connectivity index (χ1) is 8.66. The number of aromatic carboxylic acids is 1. The second kappa shape index (κ2) is 5.31. The summed E-state index contributed by atoms with van der Waals surface area (Å²) in [7, 11) is 0. The molecular formula is C14H13NO3. The molecule has 0 saturated carbocycles. The third-order valence-corrected chi connectivity index (χ3v) is 2.51. The van der Waals surface area contributed by atoms with E-state index < -0.39 is 5.97 Å². The lowest BCUT2D eigenvalue weighted by Gasteiger charge is -2.09. The van der Waals surface area contributed by atoms with E-state index in [-0.39, 0.29) is 5.56 Å². The molecular weight excluding hydrogens is 230 g/mol. The van der Waals surface area contributed by atoms with Gasteiger partial charge in [0.25, 0.3) is 0 Å². The molecule has 0 aliphatic heterocycles. The van der Waals surface area contributed by atoms with E-state index in [2.05, 4.69) is 4.98 Å². The van der Waals surface area contributed by atoms with Crippen molar-refractivity contribution in [2.45, 2.75) is 13.5 Å². The lowest BCUT2D eigenvalue weighted by molar-refractivity contribution is 0.0692. The fourth-order valence-corrected chi connectivity index (χ4v) is 1.57. The number of hydrogen-bond donors (Lipinski definition) is 1. The summed E-state index contributed by atoms with van der Waals surface area (Å²) in [5.74, 6) is -0.598. The largest absolute Gasteiger partial charge is 0.488 e. The molecule has 0 atom stereocenters. The van der Waals surface area contributed by atoms with Crippen LogP contribution in [0.25, 0.3) is 0 Å². The molecule has 4 heteroatoms. The molecule has 1 aromatic carbocycles. The molecule has 1 heterocycles. The highest BCUT2D eigenvalue weighted by Gasteiger charge is 2.11. The summed E-state index contributed by atoms with van der Waals surface area (Å²) >= 11 is 0. The zero-order chi connectivity index (χ0) is 13.0. The monoisotopic (exact) mass is 243 g/mol. The van der Waals surface area contributed by atoms with Gasteiger partial charge in [0.1, 0.15) is 17.9 Å². The van der Waals surface area contributed by atoms with Crippen molar-refractivity contribution >= 4 is 5.97 Å². The third kappa shape index (κ3) is 2.85. The van der Waals surface area contributed by atoms with Gasteiger partial charge in [-0.15, -0.1) is 0 Å². The van der Waals surface area contributed by atoms with Crippen LogP contribution in [-0.2, 0) is 6.61 Å². The zero-order valence-electron chi connectivity index (χ0n) is 9.96. The number of hydrogen-bond acceptors (Lipinski definition) is 3. The van der Waals surface area contributed by atoms with Gasteiger partial charge in [0.2, 0.25) is 0 Å². The molecule has 0 fully saturated rings. The van der Waals surface area contributed by atoms with Crippen molar-refractivity contribution in [2.24, 2.45) is 0 Å². The van der Waals surface area contributed by atoms with Crippen LogP contribution in [0, 0.1) is 6.92 Å². The van der Waals surface area contributed by atoms with E-state index in [1.54, 1.807) is 30.6 Å². The number of pyridine rings is 1. The Morgan fingerprint density at radius 1 is 1.28 bits per heavy atom. The number of carboxylic acids is 1. The zero-order valence-corrected chi connectivity index (χ0v) is 9.96. The van der Waals surface area contributed by atoms with E-state index in [1.807, 2.05) is 19.1 Å². The Kier molecular flexibility index (Phi) is 3.57. The molecule has 2 rings (SSSR count). The summed E-state index contributed by atoms with van der Waals surface area (Å²) in [5, 5.41) is 9.06. The van der Waals surface area contributed by atoms with E-state index in [1.165, 1.54) is 0 Å². The van der Waals surface area contributed by atoms with E-state index in [0.717, 1.165) is 11.1 Å². The summed E-state index contributed by atoms with van der Waals surface area (Å²) in [5.41, 5.74) is 2.09. The Balaban J connectivity index is 2.18. The quantitative estimate of drug-likeness (QED) is 0.896. The molecule has 0 amide bonds. The molecule has 1 aromatic heterocycles. The fraction of sp³-hybridized carbons (Fsp3) is 0.143. The summed E-state index contributed by atoms with van der Waals surface area (Å²) in [6, 6.07) is 8.69. The van der Waals surface area contributed by atoms with Crippen molar-refractivity contribution < 1.29 is 14.6 Å². The first kappa shape index (κ1) is 12.1. The minimum atomic E-state index is -0.986. The van der Waals surface area contributed by atoms with Gasteiger partial charge in [0.05, 0.1) is 0 Å². The van der Waals surface area contributed by atoms with Crippen LogP contribution in [0.2, 0.25) is 0 Å². The third-order valence-electron chi connectivity index (χ3n) is 2.51. The van der Waals surface area contributed by atoms with Crippen LogP contribution >= 0.6 is 0 Å². The lowest BCUT2D eigenvalue weighted by Crippen LogP contribution is -2.03. The molecule has 1 N–H and O–H groups in total. The van der Waals surface area contributed by atoms with Crippen molar-refractivity contribution in [1.29, 1.82) is 0 Å². The standard InChI is InChI=1S/C14H13NO3/c1-10-2-3-12(14(16)17)13(8-10)18-9-11-4-6-15-7-5-11/h2-8H,9H2,1H3,(H,16,17). The molecule has 0 unspecified atom stereocenters. The van der Waals surface area contributed by atoms with Crippen molar-refractivity contribution in [3.8, 4) is 5.75 Å². The number of aromatic nitrogens is 1. The van der Waals surface area contributed by atoms with Gasteiger partial charge in [-0.25, -0.2) is 4.79 Å². The van der Waals surface area contributed by atoms with Gasteiger partial charge in [0.15, 0.2) is 0 Å². The van der Waals surface area contributed by atoms with Crippen LogP contribution < -0.4 is 4.74 Å². The predicted octanol–water partition coefficient (Wildman–Crippen LogP) is 2.67. The number of nitrogens with zero attached hydrogens (tertiary/aromatic N) is 1. The van der Waals surface area contributed by atoms with Gasteiger partial charge in [-0.1, -0.05) is 6.07 Å². The molecule has 0 aliphatic rings. The summed E-state index contributed by atoms with van der Waals surface area (Å²) in [6.45, 7) is 2.22. The maximum atomic E-state index is 11.1. The maximum Gasteiger partial charge on any atom is 0.339 e. The van der Waals surface area contributed by atoms with Crippen molar-refractivity contribution in [3.05, 3.63) is 59.4 Å². The molecule has 92 valence electrons. The second-order valence-corrected chi connectivity index (χ2v) is 3.95. The number of carbonyl (C=O) groups is 1. The minimum absolute atomic E-state index is 0.176. The number of rotatable bonds is 4. The minimum Gasteiger partial charge on any atom is -0.488 e. The van der Waals surface area contributed by atoms with Crippen LogP contribution in [0.4, 0.5) is 0 Å². The van der Waals surface area contributed by atoms with Crippen LogP contribution in [0.5, 0.6) is 5.75 Å².